The summed E-state index contributed by atoms with van der Waals surface area (Å²) in [7, 11) is 1.87. The van der Waals surface area contributed by atoms with Crippen LogP contribution in [0.4, 0.5) is 0 Å². The zero-order chi connectivity index (χ0) is 12.3. The van der Waals surface area contributed by atoms with Crippen LogP contribution in [-0.4, -0.2) is 19.4 Å². The molecule has 16 heavy (non-hydrogen) atoms. The molecule has 0 aliphatic carbocycles. The number of ketones is 1. The number of carbonyl (C=O) groups excluding carboxylic acids is 1. The van der Waals surface area contributed by atoms with E-state index in [9.17, 15) is 4.79 Å². The minimum absolute atomic E-state index is 0.0332. The lowest BCUT2D eigenvalue weighted by Gasteiger charge is -2.13. The molecule has 2 nitrogen and oxygen atoms in total. The summed E-state index contributed by atoms with van der Waals surface area (Å²) in [5, 5.41) is 3.04. The van der Waals surface area contributed by atoms with Gasteiger partial charge in [-0.15, -0.1) is 0 Å². The largest absolute Gasteiger partial charge is 0.319 e. The molecule has 0 aromatic heterocycles. The van der Waals surface area contributed by atoms with E-state index in [2.05, 4.69) is 18.3 Å². The lowest BCUT2D eigenvalue weighted by molar-refractivity contribution is 0.0929. The van der Waals surface area contributed by atoms with Gasteiger partial charge in [0.05, 0.1) is 0 Å². The van der Waals surface area contributed by atoms with Crippen LogP contribution >= 0.6 is 0 Å². The van der Waals surface area contributed by atoms with Crippen molar-refractivity contribution in [3.63, 3.8) is 0 Å². The molecular weight excluding hydrogens is 198 g/mol. The fourth-order valence-corrected chi connectivity index (χ4v) is 1.89. The summed E-state index contributed by atoms with van der Waals surface area (Å²) < 4.78 is 0. The molecule has 0 aliphatic rings. The van der Waals surface area contributed by atoms with Gasteiger partial charge in [-0.05, 0) is 50.6 Å². The van der Waals surface area contributed by atoms with Crippen LogP contribution < -0.4 is 5.32 Å². The maximum Gasteiger partial charge on any atom is 0.167 e. The van der Waals surface area contributed by atoms with E-state index in [1.807, 2.05) is 33.9 Å². The minimum atomic E-state index is 0.0332. The lowest BCUT2D eigenvalue weighted by atomic mass is 9.92. The Kier molecular flexibility index (Phi) is 4.25. The number of carbonyl (C=O) groups is 1. The van der Waals surface area contributed by atoms with Gasteiger partial charge in [0, 0.05) is 18.0 Å². The molecular formula is C14H21NO. The average molecular weight is 219 g/mol. The van der Waals surface area contributed by atoms with E-state index in [4.69, 9.17) is 0 Å². The monoisotopic (exact) mass is 219 g/mol. The van der Waals surface area contributed by atoms with Crippen LogP contribution in [0.2, 0.25) is 0 Å². The SMILES string of the molecule is CNCC(C)C(=O)c1cc(C)c(C)cc1C. The van der Waals surface area contributed by atoms with Crippen molar-refractivity contribution in [3.8, 4) is 0 Å². The molecule has 0 aliphatic heterocycles. The van der Waals surface area contributed by atoms with E-state index in [-0.39, 0.29) is 11.7 Å². The third-order valence-corrected chi connectivity index (χ3v) is 3.06. The second-order valence-electron chi connectivity index (χ2n) is 4.57. The third-order valence-electron chi connectivity index (χ3n) is 3.06. The summed E-state index contributed by atoms with van der Waals surface area (Å²) in [6.45, 7) is 8.83. The van der Waals surface area contributed by atoms with Gasteiger partial charge in [0.1, 0.15) is 0 Å². The van der Waals surface area contributed by atoms with Crippen molar-refractivity contribution in [2.24, 2.45) is 5.92 Å². The summed E-state index contributed by atoms with van der Waals surface area (Å²) in [6, 6.07) is 4.10. The number of hydrogen-bond acceptors (Lipinski definition) is 2. The van der Waals surface area contributed by atoms with Crippen molar-refractivity contribution in [3.05, 3.63) is 34.4 Å². The molecule has 2 heteroatoms. The number of nitrogens with one attached hydrogen (secondary N) is 1. The highest BCUT2D eigenvalue weighted by Gasteiger charge is 2.16. The molecule has 0 fully saturated rings. The Morgan fingerprint density at radius 3 is 2.31 bits per heavy atom. The Labute approximate surface area is 98.1 Å². The Balaban J connectivity index is 3.04. The van der Waals surface area contributed by atoms with E-state index >= 15 is 0 Å². The second kappa shape index (κ2) is 5.26. The van der Waals surface area contributed by atoms with Gasteiger partial charge in [0.25, 0.3) is 0 Å². The van der Waals surface area contributed by atoms with Crippen LogP contribution in [0.5, 0.6) is 0 Å². The van der Waals surface area contributed by atoms with Crippen molar-refractivity contribution in [2.75, 3.05) is 13.6 Å². The predicted molar refractivity (Wildman–Crippen MR) is 68.1 cm³/mol. The highest BCUT2D eigenvalue weighted by atomic mass is 16.1. The third kappa shape index (κ3) is 2.70. The van der Waals surface area contributed by atoms with Crippen molar-refractivity contribution in [1.29, 1.82) is 0 Å². The van der Waals surface area contributed by atoms with Crippen LogP contribution in [0.1, 0.15) is 34.0 Å². The fourth-order valence-electron chi connectivity index (χ4n) is 1.89. The molecule has 1 aromatic carbocycles. The predicted octanol–water partition coefficient (Wildman–Crippen LogP) is 2.65. The van der Waals surface area contributed by atoms with Crippen LogP contribution in [0, 0.1) is 26.7 Å². The summed E-state index contributed by atoms with van der Waals surface area (Å²) in [5.41, 5.74) is 4.38. The van der Waals surface area contributed by atoms with Gasteiger partial charge in [0.15, 0.2) is 5.78 Å². The van der Waals surface area contributed by atoms with Gasteiger partial charge in [-0.2, -0.15) is 0 Å². The average Bonchev–Trinajstić information content (AvgIpc) is 2.23. The number of aryl methyl sites for hydroxylation is 3. The lowest BCUT2D eigenvalue weighted by Crippen LogP contribution is -2.24. The smallest absolute Gasteiger partial charge is 0.167 e. The van der Waals surface area contributed by atoms with E-state index in [1.165, 1.54) is 11.1 Å². The molecule has 1 unspecified atom stereocenters. The normalized spacial score (nSPS) is 12.6. The zero-order valence-corrected chi connectivity index (χ0v) is 10.8. The second-order valence-corrected chi connectivity index (χ2v) is 4.57. The van der Waals surface area contributed by atoms with E-state index in [1.54, 1.807) is 0 Å². The summed E-state index contributed by atoms with van der Waals surface area (Å²) in [4.78, 5) is 12.2. The molecule has 0 radical (unpaired) electrons. The number of hydrogen-bond donors (Lipinski definition) is 1. The first kappa shape index (κ1) is 12.9. The van der Waals surface area contributed by atoms with Crippen LogP contribution in [0.3, 0.4) is 0 Å². The highest BCUT2D eigenvalue weighted by Crippen LogP contribution is 2.18. The number of benzene rings is 1. The molecule has 0 saturated heterocycles. The molecule has 88 valence electrons. The molecule has 0 spiro atoms. The van der Waals surface area contributed by atoms with Crippen LogP contribution in [0.15, 0.2) is 12.1 Å². The summed E-state index contributed by atoms with van der Waals surface area (Å²) in [5.74, 6) is 0.265. The van der Waals surface area contributed by atoms with Crippen LogP contribution in [-0.2, 0) is 0 Å². The van der Waals surface area contributed by atoms with Gasteiger partial charge in [0.2, 0.25) is 0 Å². The van der Waals surface area contributed by atoms with E-state index in [0.717, 1.165) is 17.7 Å². The van der Waals surface area contributed by atoms with Crippen molar-refractivity contribution >= 4 is 5.78 Å². The van der Waals surface area contributed by atoms with Crippen molar-refractivity contribution in [2.45, 2.75) is 27.7 Å². The van der Waals surface area contributed by atoms with Gasteiger partial charge in [-0.25, -0.2) is 0 Å². The Morgan fingerprint density at radius 1 is 1.19 bits per heavy atom. The molecule has 1 aromatic rings. The maximum atomic E-state index is 12.2. The first-order valence-electron chi connectivity index (χ1n) is 5.74. The Bertz CT molecular complexity index is 396. The Morgan fingerprint density at radius 2 is 1.75 bits per heavy atom. The number of Topliss-reactive ketones (excluding diaryl/α,β-unsaturated/α-hetero) is 1. The molecule has 0 amide bonds. The van der Waals surface area contributed by atoms with Crippen molar-refractivity contribution in [1.82, 2.24) is 5.32 Å². The van der Waals surface area contributed by atoms with Gasteiger partial charge in [-0.1, -0.05) is 13.0 Å². The standard InChI is InChI=1S/C14H21NO/c1-9-6-11(3)13(7-10(9)2)14(16)12(4)8-15-5/h6-7,12,15H,8H2,1-5H3. The molecule has 1 atom stereocenters. The molecule has 1 rings (SSSR count). The topological polar surface area (TPSA) is 29.1 Å². The van der Waals surface area contributed by atoms with Gasteiger partial charge < -0.3 is 5.32 Å². The Hall–Kier alpha value is -1.15. The molecule has 0 saturated carbocycles. The number of rotatable bonds is 4. The fraction of sp³-hybridized carbons (Fsp3) is 0.500. The van der Waals surface area contributed by atoms with E-state index in [0.29, 0.717) is 0 Å². The zero-order valence-electron chi connectivity index (χ0n) is 10.8. The maximum absolute atomic E-state index is 12.2. The molecule has 0 bridgehead atoms. The molecule has 0 heterocycles. The minimum Gasteiger partial charge on any atom is -0.319 e. The van der Waals surface area contributed by atoms with Gasteiger partial charge in [-0.3, -0.25) is 4.79 Å². The highest BCUT2D eigenvalue weighted by molar-refractivity contribution is 5.99. The van der Waals surface area contributed by atoms with E-state index < -0.39 is 0 Å². The quantitative estimate of drug-likeness (QED) is 0.789. The first-order chi connectivity index (χ1) is 7.47. The molecule has 1 N–H and O–H groups in total. The van der Waals surface area contributed by atoms with Crippen LogP contribution in [0.25, 0.3) is 0 Å². The summed E-state index contributed by atoms with van der Waals surface area (Å²) in [6.07, 6.45) is 0. The first-order valence-corrected chi connectivity index (χ1v) is 5.74. The van der Waals surface area contributed by atoms with Gasteiger partial charge >= 0.3 is 0 Å². The van der Waals surface area contributed by atoms with Crippen molar-refractivity contribution < 1.29 is 4.79 Å². The summed E-state index contributed by atoms with van der Waals surface area (Å²) >= 11 is 0.